The van der Waals surface area contributed by atoms with Gasteiger partial charge in [-0.25, -0.2) is 8.42 Å². The van der Waals surface area contributed by atoms with E-state index in [1.54, 1.807) is 0 Å². The van der Waals surface area contributed by atoms with E-state index in [1.165, 1.54) is 0 Å². The minimum atomic E-state index is -3.93. The van der Waals surface area contributed by atoms with Crippen LogP contribution in [-0.4, -0.2) is 48.1 Å². The topological polar surface area (TPSA) is 135 Å². The maximum absolute atomic E-state index is 10.8. The molecule has 0 saturated heterocycles. The highest BCUT2D eigenvalue weighted by atomic mass is 32.2. The molecule has 4 N–H and O–H groups in total. The number of rotatable bonds is 5. The number of hydrogen-bond donors (Lipinski definition) is 3. The normalized spacial score (nSPS) is 13.6. The summed E-state index contributed by atoms with van der Waals surface area (Å²) in [5.41, 5.74) is 4.91. The number of carboxylic acids is 2. The first kappa shape index (κ1) is 11.8. The summed E-state index contributed by atoms with van der Waals surface area (Å²) in [5, 5.41) is 16.4. The molecule has 0 amide bonds. The van der Waals surface area contributed by atoms with Crippen molar-refractivity contribution in [3.63, 3.8) is 0 Å². The molecule has 0 aliphatic heterocycles. The first-order chi connectivity index (χ1) is 5.74. The lowest BCUT2D eigenvalue weighted by Crippen LogP contribution is -2.38. The standard InChI is InChI=1S/C5H9NO6S/c6-3(5(9)10)1-13(11,12)2-4(7)8/h3H,1-2,6H2,(H,7,8)(H,9,10)/t3-/m0/s1. The molecule has 0 aromatic rings. The summed E-state index contributed by atoms with van der Waals surface area (Å²) in [6, 6.07) is -1.58. The number of nitrogens with two attached hydrogens (primary N) is 1. The van der Waals surface area contributed by atoms with Crippen molar-refractivity contribution in [1.29, 1.82) is 0 Å². The summed E-state index contributed by atoms with van der Waals surface area (Å²) in [6.07, 6.45) is 0. The van der Waals surface area contributed by atoms with Crippen LogP contribution >= 0.6 is 0 Å². The van der Waals surface area contributed by atoms with Crippen LogP contribution < -0.4 is 5.73 Å². The molecule has 0 radical (unpaired) electrons. The fraction of sp³-hybridized carbons (Fsp3) is 0.600. The van der Waals surface area contributed by atoms with E-state index in [0.717, 1.165) is 0 Å². The minimum absolute atomic E-state index is 0.866. The maximum Gasteiger partial charge on any atom is 0.321 e. The van der Waals surface area contributed by atoms with E-state index < -0.39 is 39.3 Å². The van der Waals surface area contributed by atoms with Gasteiger partial charge in [0, 0.05) is 0 Å². The van der Waals surface area contributed by atoms with Crippen LogP contribution in [-0.2, 0) is 19.4 Å². The lowest BCUT2D eigenvalue weighted by Gasteiger charge is -2.04. The number of carbonyl (C=O) groups is 2. The molecule has 8 heteroatoms. The highest BCUT2D eigenvalue weighted by molar-refractivity contribution is 7.92. The lowest BCUT2D eigenvalue weighted by atomic mass is 10.4. The summed E-state index contributed by atoms with van der Waals surface area (Å²) in [6.45, 7) is 0. The molecule has 0 rings (SSSR count). The fourth-order valence-corrected chi connectivity index (χ4v) is 1.78. The van der Waals surface area contributed by atoms with E-state index in [-0.39, 0.29) is 0 Å². The summed E-state index contributed by atoms with van der Waals surface area (Å²) >= 11 is 0. The molecule has 0 unspecified atom stereocenters. The second-order valence-corrected chi connectivity index (χ2v) is 4.50. The zero-order valence-corrected chi connectivity index (χ0v) is 7.32. The predicted molar refractivity (Wildman–Crippen MR) is 41.9 cm³/mol. The van der Waals surface area contributed by atoms with Crippen LogP contribution in [0.5, 0.6) is 0 Å². The predicted octanol–water partition coefficient (Wildman–Crippen LogP) is -2.10. The molecule has 0 heterocycles. The van der Waals surface area contributed by atoms with Crippen molar-refractivity contribution in [1.82, 2.24) is 0 Å². The highest BCUT2D eigenvalue weighted by Crippen LogP contribution is 1.93. The van der Waals surface area contributed by atoms with Crippen molar-refractivity contribution in [2.75, 3.05) is 11.5 Å². The van der Waals surface area contributed by atoms with Crippen LogP contribution in [0.25, 0.3) is 0 Å². The van der Waals surface area contributed by atoms with Crippen molar-refractivity contribution in [2.24, 2.45) is 5.73 Å². The number of hydrogen-bond acceptors (Lipinski definition) is 5. The second kappa shape index (κ2) is 4.19. The van der Waals surface area contributed by atoms with Gasteiger partial charge in [0.2, 0.25) is 0 Å². The Kier molecular flexibility index (Phi) is 3.82. The molecular formula is C5H9NO6S. The van der Waals surface area contributed by atoms with Crippen LogP contribution in [0, 0.1) is 0 Å². The molecular weight excluding hydrogens is 202 g/mol. The maximum atomic E-state index is 10.8. The zero-order chi connectivity index (χ0) is 10.6. The van der Waals surface area contributed by atoms with Gasteiger partial charge in [-0.1, -0.05) is 0 Å². The number of carboxylic acid groups (broad SMARTS) is 2. The smallest absolute Gasteiger partial charge is 0.321 e. The Labute approximate surface area is 74.1 Å². The largest absolute Gasteiger partial charge is 0.480 e. The average Bonchev–Trinajstić information content (AvgIpc) is 1.81. The van der Waals surface area contributed by atoms with Crippen LogP contribution in [0.3, 0.4) is 0 Å². The molecule has 0 bridgehead atoms. The third kappa shape index (κ3) is 5.15. The van der Waals surface area contributed by atoms with E-state index in [4.69, 9.17) is 15.9 Å². The van der Waals surface area contributed by atoms with Crippen LogP contribution in [0.2, 0.25) is 0 Å². The molecule has 1 atom stereocenters. The van der Waals surface area contributed by atoms with Crippen LogP contribution in [0.4, 0.5) is 0 Å². The van der Waals surface area contributed by atoms with Gasteiger partial charge in [0.25, 0.3) is 0 Å². The Morgan fingerprint density at radius 1 is 1.31 bits per heavy atom. The van der Waals surface area contributed by atoms with Crippen molar-refractivity contribution in [3.8, 4) is 0 Å². The summed E-state index contributed by atoms with van der Waals surface area (Å²) < 4.78 is 21.7. The molecule has 0 fully saturated rings. The Morgan fingerprint density at radius 3 is 2.08 bits per heavy atom. The van der Waals surface area contributed by atoms with Gasteiger partial charge in [0.15, 0.2) is 9.84 Å². The minimum Gasteiger partial charge on any atom is -0.480 e. The number of aliphatic carboxylic acids is 2. The van der Waals surface area contributed by atoms with Gasteiger partial charge in [0.05, 0.1) is 5.75 Å². The zero-order valence-electron chi connectivity index (χ0n) is 6.50. The third-order valence-corrected chi connectivity index (χ3v) is 2.65. The molecule has 0 aromatic heterocycles. The van der Waals surface area contributed by atoms with E-state index in [0.29, 0.717) is 0 Å². The summed E-state index contributed by atoms with van der Waals surface area (Å²) in [5.74, 6) is -4.98. The first-order valence-corrected chi connectivity index (χ1v) is 4.97. The fourth-order valence-electron chi connectivity index (χ4n) is 0.592. The molecule has 0 aromatic carbocycles. The van der Waals surface area contributed by atoms with Gasteiger partial charge in [-0.05, 0) is 0 Å². The monoisotopic (exact) mass is 211 g/mol. The van der Waals surface area contributed by atoms with E-state index >= 15 is 0 Å². The molecule has 0 aliphatic rings. The van der Waals surface area contributed by atoms with Crippen LogP contribution in [0.15, 0.2) is 0 Å². The molecule has 0 spiro atoms. The Hall–Kier alpha value is -1.15. The van der Waals surface area contributed by atoms with Gasteiger partial charge in [-0.15, -0.1) is 0 Å². The Bertz CT molecular complexity index is 307. The van der Waals surface area contributed by atoms with E-state index in [1.807, 2.05) is 0 Å². The van der Waals surface area contributed by atoms with E-state index in [2.05, 4.69) is 0 Å². The van der Waals surface area contributed by atoms with E-state index in [9.17, 15) is 18.0 Å². The summed E-state index contributed by atoms with van der Waals surface area (Å²) in [7, 11) is -3.93. The third-order valence-electron chi connectivity index (χ3n) is 1.09. The van der Waals surface area contributed by atoms with Crippen LogP contribution in [0.1, 0.15) is 0 Å². The molecule has 0 saturated carbocycles. The number of sulfone groups is 1. The van der Waals surface area contributed by atoms with Gasteiger partial charge < -0.3 is 15.9 Å². The van der Waals surface area contributed by atoms with Gasteiger partial charge in [0.1, 0.15) is 11.8 Å². The Balaban J connectivity index is 4.35. The van der Waals surface area contributed by atoms with Crippen molar-refractivity contribution in [3.05, 3.63) is 0 Å². The van der Waals surface area contributed by atoms with Crippen molar-refractivity contribution < 1.29 is 28.2 Å². The molecule has 13 heavy (non-hydrogen) atoms. The highest BCUT2D eigenvalue weighted by Gasteiger charge is 2.23. The van der Waals surface area contributed by atoms with Crippen molar-refractivity contribution >= 4 is 21.8 Å². The Morgan fingerprint density at radius 2 is 1.77 bits per heavy atom. The lowest BCUT2D eigenvalue weighted by molar-refractivity contribution is -0.138. The quantitative estimate of drug-likeness (QED) is 0.473. The molecule has 7 nitrogen and oxygen atoms in total. The van der Waals surface area contributed by atoms with Gasteiger partial charge >= 0.3 is 11.9 Å². The van der Waals surface area contributed by atoms with Crippen molar-refractivity contribution in [2.45, 2.75) is 6.04 Å². The van der Waals surface area contributed by atoms with Gasteiger partial charge in [-0.2, -0.15) is 0 Å². The second-order valence-electron chi connectivity index (χ2n) is 2.39. The average molecular weight is 211 g/mol. The molecule has 76 valence electrons. The van der Waals surface area contributed by atoms with Gasteiger partial charge in [-0.3, -0.25) is 9.59 Å². The summed E-state index contributed by atoms with van der Waals surface area (Å²) in [4.78, 5) is 20.1. The SMILES string of the molecule is N[C@@H](CS(=O)(=O)CC(=O)O)C(=O)O. The first-order valence-electron chi connectivity index (χ1n) is 3.15. The molecule has 0 aliphatic carbocycles.